The molecule has 0 aliphatic heterocycles. The number of hydrogen-bond acceptors (Lipinski definition) is 3. The fraction of sp³-hybridized carbons (Fsp3) is 0.643. The molecule has 0 N–H and O–H groups in total. The molecule has 0 heterocycles. The molecule has 5 rings (SSSR count). The van der Waals surface area contributed by atoms with Crippen LogP contribution in [0.15, 0.2) is 35.5 Å². The van der Waals surface area contributed by atoms with Crippen LogP contribution in [0.3, 0.4) is 0 Å². The number of carbonyl (C=O) groups excluding carboxylic acids is 2. The molecule has 0 aromatic carbocycles. The maximum absolute atomic E-state index is 12.9. The number of Topliss-reactive ketones (excluding diaryl/α,β-unsaturated/α-hetero) is 1. The van der Waals surface area contributed by atoms with Crippen molar-refractivity contribution >= 4 is 11.8 Å². The molecule has 31 heavy (non-hydrogen) atoms. The summed E-state index contributed by atoms with van der Waals surface area (Å²) in [6.45, 7) is 6.33. The monoisotopic (exact) mass is 418 g/mol. The first kappa shape index (κ1) is 20.8. The average Bonchev–Trinajstić information content (AvgIpc) is 3.35. The summed E-state index contributed by atoms with van der Waals surface area (Å²) in [5, 5.41) is 0. The van der Waals surface area contributed by atoms with E-state index in [1.807, 2.05) is 12.2 Å². The van der Waals surface area contributed by atoms with Crippen LogP contribution >= 0.6 is 0 Å². The molecule has 3 heteroatoms. The zero-order valence-electron chi connectivity index (χ0n) is 19.1. The predicted molar refractivity (Wildman–Crippen MR) is 121 cm³/mol. The summed E-state index contributed by atoms with van der Waals surface area (Å²) in [6, 6.07) is 0. The van der Waals surface area contributed by atoms with Gasteiger partial charge in [0.2, 0.25) is 0 Å². The van der Waals surface area contributed by atoms with Crippen LogP contribution in [-0.4, -0.2) is 17.9 Å². The van der Waals surface area contributed by atoms with Gasteiger partial charge < -0.3 is 4.74 Å². The minimum atomic E-state index is -0.143. The third kappa shape index (κ3) is 3.25. The van der Waals surface area contributed by atoms with Gasteiger partial charge >= 0.3 is 5.97 Å². The summed E-state index contributed by atoms with van der Waals surface area (Å²) in [5.74, 6) is 8.80. The highest BCUT2D eigenvalue weighted by atomic mass is 16.5. The second-order valence-electron chi connectivity index (χ2n) is 10.9. The second kappa shape index (κ2) is 7.51. The van der Waals surface area contributed by atoms with E-state index < -0.39 is 0 Å². The SMILES string of the molecule is CC(=O)O[C@H]1CC[C@H]2[C@@H]3CCC4=C(C#CC5C=CC=C5)C(=O)CC[C@]4(C)[C@H]3CC[C@]12C. The lowest BCUT2D eigenvalue weighted by Crippen LogP contribution is -2.52. The molecular weight excluding hydrogens is 384 g/mol. The van der Waals surface area contributed by atoms with Crippen molar-refractivity contribution in [3.8, 4) is 11.8 Å². The smallest absolute Gasteiger partial charge is 0.302 e. The number of fused-ring (bicyclic) bond motifs is 5. The molecule has 5 aliphatic rings. The third-order valence-corrected chi connectivity index (χ3v) is 9.46. The lowest BCUT2D eigenvalue weighted by atomic mass is 9.47. The third-order valence-electron chi connectivity index (χ3n) is 9.46. The van der Waals surface area contributed by atoms with Gasteiger partial charge in [-0.1, -0.05) is 50.0 Å². The molecule has 6 atom stereocenters. The summed E-state index contributed by atoms with van der Waals surface area (Å²) in [7, 11) is 0. The van der Waals surface area contributed by atoms with E-state index >= 15 is 0 Å². The Morgan fingerprint density at radius 3 is 2.55 bits per heavy atom. The summed E-state index contributed by atoms with van der Waals surface area (Å²) in [6.07, 6.45) is 16.5. The van der Waals surface area contributed by atoms with E-state index in [1.54, 1.807) is 6.92 Å². The standard InChI is InChI=1S/C28H34O3/c1-18(29)31-26-13-12-22-20-10-11-23-21(9-8-19-6-4-5-7-19)25(30)15-17-27(23,2)24(20)14-16-28(22,26)3/h4-7,19-20,22,24,26H,10-17H2,1-3H3/t20-,22-,24-,26-,27-,28-/m0/s1. The van der Waals surface area contributed by atoms with Gasteiger partial charge in [-0.25, -0.2) is 0 Å². The Kier molecular flexibility index (Phi) is 5.04. The summed E-state index contributed by atoms with van der Waals surface area (Å²) < 4.78 is 5.78. The van der Waals surface area contributed by atoms with Crippen LogP contribution in [0, 0.1) is 46.3 Å². The Morgan fingerprint density at radius 1 is 1.03 bits per heavy atom. The Hall–Kier alpha value is -2.08. The molecule has 164 valence electrons. The van der Waals surface area contributed by atoms with Gasteiger partial charge in [-0.2, -0.15) is 0 Å². The Bertz CT molecular complexity index is 944. The highest BCUT2D eigenvalue weighted by Crippen LogP contribution is 2.66. The summed E-state index contributed by atoms with van der Waals surface area (Å²) >= 11 is 0. The molecule has 0 aromatic heterocycles. The van der Waals surface area contributed by atoms with Crippen LogP contribution in [-0.2, 0) is 14.3 Å². The van der Waals surface area contributed by atoms with E-state index in [0.717, 1.165) is 44.1 Å². The molecule has 3 nitrogen and oxygen atoms in total. The van der Waals surface area contributed by atoms with Gasteiger partial charge in [0.25, 0.3) is 0 Å². The molecule has 0 radical (unpaired) electrons. The van der Waals surface area contributed by atoms with Gasteiger partial charge in [0.15, 0.2) is 5.78 Å². The molecule has 0 unspecified atom stereocenters. The van der Waals surface area contributed by atoms with E-state index in [0.29, 0.717) is 24.2 Å². The van der Waals surface area contributed by atoms with E-state index in [9.17, 15) is 9.59 Å². The maximum Gasteiger partial charge on any atom is 0.302 e. The van der Waals surface area contributed by atoms with Crippen molar-refractivity contribution in [3.63, 3.8) is 0 Å². The van der Waals surface area contributed by atoms with Crippen molar-refractivity contribution in [1.82, 2.24) is 0 Å². The predicted octanol–water partition coefficient (Wildman–Crippen LogP) is 5.57. The van der Waals surface area contributed by atoms with Gasteiger partial charge in [-0.3, -0.25) is 9.59 Å². The van der Waals surface area contributed by atoms with Crippen LogP contribution < -0.4 is 0 Å². The minimum absolute atomic E-state index is 0.0718. The van der Waals surface area contributed by atoms with Gasteiger partial charge in [0.1, 0.15) is 6.10 Å². The van der Waals surface area contributed by atoms with Gasteiger partial charge in [0, 0.05) is 18.8 Å². The number of hydrogen-bond donors (Lipinski definition) is 0. The van der Waals surface area contributed by atoms with Crippen molar-refractivity contribution in [2.75, 3.05) is 0 Å². The quantitative estimate of drug-likeness (QED) is 0.413. The first-order chi connectivity index (χ1) is 14.8. The molecular formula is C28H34O3. The Labute approximate surface area is 186 Å². The van der Waals surface area contributed by atoms with Crippen LogP contribution in [0.2, 0.25) is 0 Å². The summed E-state index contributed by atoms with van der Waals surface area (Å²) in [4.78, 5) is 24.6. The van der Waals surface area contributed by atoms with E-state index in [2.05, 4.69) is 37.8 Å². The number of ether oxygens (including phenoxy) is 1. The van der Waals surface area contributed by atoms with Crippen LogP contribution in [0.25, 0.3) is 0 Å². The van der Waals surface area contributed by atoms with Crippen molar-refractivity contribution in [1.29, 1.82) is 0 Å². The number of ketones is 1. The number of carbonyl (C=O) groups is 2. The zero-order chi connectivity index (χ0) is 21.8. The summed E-state index contributed by atoms with van der Waals surface area (Å²) in [5.41, 5.74) is 2.38. The molecule has 0 aromatic rings. The second-order valence-corrected chi connectivity index (χ2v) is 10.9. The van der Waals surface area contributed by atoms with Gasteiger partial charge in [-0.05, 0) is 73.7 Å². The molecule has 3 saturated carbocycles. The molecule has 0 amide bonds. The minimum Gasteiger partial charge on any atom is -0.462 e. The first-order valence-electron chi connectivity index (χ1n) is 12.1. The molecule has 3 fully saturated rings. The molecule has 0 saturated heterocycles. The molecule has 0 bridgehead atoms. The normalized spacial score (nSPS) is 41.3. The maximum atomic E-state index is 12.9. The van der Waals surface area contributed by atoms with Crippen LogP contribution in [0.4, 0.5) is 0 Å². The van der Waals surface area contributed by atoms with Crippen molar-refractivity contribution in [3.05, 3.63) is 35.5 Å². The zero-order valence-corrected chi connectivity index (χ0v) is 19.1. The van der Waals surface area contributed by atoms with E-state index in [4.69, 9.17) is 4.74 Å². The number of esters is 1. The van der Waals surface area contributed by atoms with Crippen molar-refractivity contribution in [2.45, 2.75) is 78.2 Å². The lowest BCUT2D eigenvalue weighted by molar-refractivity contribution is -0.157. The largest absolute Gasteiger partial charge is 0.462 e. The molecule has 5 aliphatic carbocycles. The Morgan fingerprint density at radius 2 is 1.81 bits per heavy atom. The average molecular weight is 419 g/mol. The number of allylic oxidation sites excluding steroid dienone is 5. The van der Waals surface area contributed by atoms with Crippen molar-refractivity contribution in [2.24, 2.45) is 34.5 Å². The molecule has 0 spiro atoms. The van der Waals surface area contributed by atoms with Crippen LogP contribution in [0.1, 0.15) is 72.1 Å². The topological polar surface area (TPSA) is 43.4 Å². The van der Waals surface area contributed by atoms with Gasteiger partial charge in [-0.15, -0.1) is 0 Å². The fourth-order valence-corrected chi connectivity index (χ4v) is 7.89. The van der Waals surface area contributed by atoms with E-state index in [1.165, 1.54) is 12.0 Å². The highest BCUT2D eigenvalue weighted by molar-refractivity contribution is 6.01. The van der Waals surface area contributed by atoms with Crippen molar-refractivity contribution < 1.29 is 14.3 Å². The van der Waals surface area contributed by atoms with Gasteiger partial charge in [0.05, 0.1) is 11.5 Å². The Balaban J connectivity index is 1.46. The number of rotatable bonds is 1. The first-order valence-corrected chi connectivity index (χ1v) is 12.1. The highest BCUT2D eigenvalue weighted by Gasteiger charge is 2.60. The van der Waals surface area contributed by atoms with Crippen LogP contribution in [0.5, 0.6) is 0 Å². The fourth-order valence-electron chi connectivity index (χ4n) is 7.89. The van der Waals surface area contributed by atoms with E-state index in [-0.39, 0.29) is 34.6 Å². The lowest BCUT2D eigenvalue weighted by Gasteiger charge is -2.58.